The Kier molecular flexibility index (Phi) is 5.07. The molecule has 0 saturated carbocycles. The van der Waals surface area contributed by atoms with E-state index in [1.165, 1.54) is 13.4 Å². The SMILES string of the molecule is COc1cccc(-c2nc(C(=O)N[C@H](C)c3cc(F)c(N)c(F)c3)co2)c1. The molecule has 0 aliphatic rings. The van der Waals surface area contributed by atoms with Gasteiger partial charge in [0.1, 0.15) is 29.3 Å². The number of nitrogens with two attached hydrogens (primary N) is 1. The van der Waals surface area contributed by atoms with E-state index in [1.807, 2.05) is 0 Å². The Labute approximate surface area is 154 Å². The number of hydrogen-bond donors (Lipinski definition) is 2. The second-order valence-corrected chi connectivity index (χ2v) is 5.86. The number of oxazole rings is 1. The summed E-state index contributed by atoms with van der Waals surface area (Å²) in [5.41, 5.74) is 5.62. The van der Waals surface area contributed by atoms with E-state index < -0.39 is 29.3 Å². The van der Waals surface area contributed by atoms with Gasteiger partial charge in [-0.15, -0.1) is 0 Å². The first-order chi connectivity index (χ1) is 12.9. The highest BCUT2D eigenvalue weighted by Crippen LogP contribution is 2.24. The van der Waals surface area contributed by atoms with Crippen molar-refractivity contribution in [2.45, 2.75) is 13.0 Å². The number of carbonyl (C=O) groups excluding carboxylic acids is 1. The highest BCUT2D eigenvalue weighted by atomic mass is 19.1. The number of ether oxygens (including phenoxy) is 1. The third kappa shape index (κ3) is 3.89. The van der Waals surface area contributed by atoms with E-state index in [-0.39, 0.29) is 17.1 Å². The van der Waals surface area contributed by atoms with Crippen molar-refractivity contribution in [3.05, 3.63) is 65.6 Å². The van der Waals surface area contributed by atoms with Crippen LogP contribution < -0.4 is 15.8 Å². The summed E-state index contributed by atoms with van der Waals surface area (Å²) in [5.74, 6) is -1.44. The lowest BCUT2D eigenvalue weighted by atomic mass is 10.1. The number of methoxy groups -OCH3 is 1. The zero-order chi connectivity index (χ0) is 19.6. The molecule has 0 radical (unpaired) electrons. The minimum atomic E-state index is -0.882. The summed E-state index contributed by atoms with van der Waals surface area (Å²) < 4.78 is 37.7. The number of anilines is 1. The van der Waals surface area contributed by atoms with E-state index in [0.29, 0.717) is 11.3 Å². The number of carbonyl (C=O) groups is 1. The van der Waals surface area contributed by atoms with Crippen molar-refractivity contribution in [1.29, 1.82) is 0 Å². The zero-order valence-corrected chi connectivity index (χ0v) is 14.6. The van der Waals surface area contributed by atoms with Gasteiger partial charge in [-0.1, -0.05) is 6.07 Å². The quantitative estimate of drug-likeness (QED) is 0.666. The highest BCUT2D eigenvalue weighted by Gasteiger charge is 2.18. The Morgan fingerprint density at radius 2 is 1.96 bits per heavy atom. The molecular formula is C19H17F2N3O3. The van der Waals surface area contributed by atoms with Crippen molar-refractivity contribution >= 4 is 11.6 Å². The molecule has 0 fully saturated rings. The van der Waals surface area contributed by atoms with Gasteiger partial charge in [0.15, 0.2) is 5.69 Å². The smallest absolute Gasteiger partial charge is 0.273 e. The number of nitrogens with one attached hydrogen (secondary N) is 1. The summed E-state index contributed by atoms with van der Waals surface area (Å²) in [6, 6.07) is 8.51. The van der Waals surface area contributed by atoms with Gasteiger partial charge >= 0.3 is 0 Å². The zero-order valence-electron chi connectivity index (χ0n) is 14.6. The number of hydrogen-bond acceptors (Lipinski definition) is 5. The van der Waals surface area contributed by atoms with Crippen LogP contribution in [0.15, 0.2) is 47.1 Å². The molecule has 1 heterocycles. The first-order valence-corrected chi connectivity index (χ1v) is 8.04. The average Bonchev–Trinajstić information content (AvgIpc) is 3.16. The fraction of sp³-hybridized carbons (Fsp3) is 0.158. The number of nitrogen functional groups attached to an aromatic ring is 1. The highest BCUT2D eigenvalue weighted by molar-refractivity contribution is 5.92. The molecule has 3 N–H and O–H groups in total. The molecule has 1 atom stereocenters. The first-order valence-electron chi connectivity index (χ1n) is 8.04. The summed E-state index contributed by atoms with van der Waals surface area (Å²) in [6.07, 6.45) is 1.21. The number of halogens is 2. The fourth-order valence-corrected chi connectivity index (χ4v) is 2.47. The van der Waals surface area contributed by atoms with Gasteiger partial charge in [-0.25, -0.2) is 13.8 Å². The van der Waals surface area contributed by atoms with E-state index in [4.69, 9.17) is 14.9 Å². The van der Waals surface area contributed by atoms with Gasteiger partial charge in [0.05, 0.1) is 13.2 Å². The lowest BCUT2D eigenvalue weighted by molar-refractivity contribution is 0.0934. The van der Waals surface area contributed by atoms with E-state index in [9.17, 15) is 13.6 Å². The van der Waals surface area contributed by atoms with Crippen molar-refractivity contribution in [2.75, 3.05) is 12.8 Å². The summed E-state index contributed by atoms with van der Waals surface area (Å²) in [5, 5.41) is 2.61. The van der Waals surface area contributed by atoms with E-state index in [0.717, 1.165) is 12.1 Å². The number of rotatable bonds is 5. The van der Waals surface area contributed by atoms with Crippen LogP contribution in [0, 0.1) is 11.6 Å². The van der Waals surface area contributed by atoms with Gasteiger partial charge in [-0.3, -0.25) is 4.79 Å². The van der Waals surface area contributed by atoms with Gasteiger partial charge in [0.25, 0.3) is 5.91 Å². The lowest BCUT2D eigenvalue weighted by Gasteiger charge is -2.14. The number of benzene rings is 2. The minimum absolute atomic E-state index is 0.0380. The summed E-state index contributed by atoms with van der Waals surface area (Å²) in [4.78, 5) is 16.5. The normalized spacial score (nSPS) is 11.9. The molecule has 0 spiro atoms. The second kappa shape index (κ2) is 7.45. The molecule has 6 nitrogen and oxygen atoms in total. The van der Waals surface area contributed by atoms with Crippen molar-refractivity contribution < 1.29 is 22.7 Å². The molecule has 0 saturated heterocycles. The topological polar surface area (TPSA) is 90.4 Å². The molecule has 27 heavy (non-hydrogen) atoms. The summed E-state index contributed by atoms with van der Waals surface area (Å²) in [6.45, 7) is 1.59. The van der Waals surface area contributed by atoms with Crippen LogP contribution in [0.4, 0.5) is 14.5 Å². The van der Waals surface area contributed by atoms with Gasteiger partial charge in [-0.05, 0) is 42.8 Å². The number of nitrogens with zero attached hydrogens (tertiary/aromatic N) is 1. The number of amides is 1. The number of aromatic nitrogens is 1. The molecule has 1 aromatic heterocycles. The largest absolute Gasteiger partial charge is 0.497 e. The monoisotopic (exact) mass is 373 g/mol. The molecule has 2 aromatic carbocycles. The maximum Gasteiger partial charge on any atom is 0.273 e. The third-order valence-corrected chi connectivity index (χ3v) is 4.00. The molecule has 140 valence electrons. The molecule has 3 rings (SSSR count). The minimum Gasteiger partial charge on any atom is -0.497 e. The van der Waals surface area contributed by atoms with Crippen LogP contribution in [0.3, 0.4) is 0 Å². The molecule has 1 amide bonds. The van der Waals surface area contributed by atoms with Crippen LogP contribution in [0.1, 0.15) is 29.0 Å². The predicted molar refractivity (Wildman–Crippen MR) is 95.1 cm³/mol. The Hall–Kier alpha value is -3.42. The van der Waals surface area contributed by atoms with Crippen LogP contribution in [-0.4, -0.2) is 18.0 Å². The van der Waals surface area contributed by atoms with Gasteiger partial charge in [-0.2, -0.15) is 0 Å². The van der Waals surface area contributed by atoms with Crippen molar-refractivity contribution in [1.82, 2.24) is 10.3 Å². The van der Waals surface area contributed by atoms with Crippen molar-refractivity contribution in [3.63, 3.8) is 0 Å². The van der Waals surface area contributed by atoms with Gasteiger partial charge in [0, 0.05) is 5.56 Å². The summed E-state index contributed by atoms with van der Waals surface area (Å²) in [7, 11) is 1.54. The Balaban J connectivity index is 1.76. The molecule has 0 aliphatic carbocycles. The first kappa shape index (κ1) is 18.4. The van der Waals surface area contributed by atoms with E-state index in [2.05, 4.69) is 10.3 Å². The third-order valence-electron chi connectivity index (χ3n) is 4.00. The maximum atomic E-state index is 13.6. The van der Waals surface area contributed by atoms with Gasteiger partial charge < -0.3 is 20.2 Å². The Morgan fingerprint density at radius 3 is 2.63 bits per heavy atom. The van der Waals surface area contributed by atoms with E-state index in [1.54, 1.807) is 31.2 Å². The Bertz CT molecular complexity index is 965. The molecular weight excluding hydrogens is 356 g/mol. The van der Waals surface area contributed by atoms with Crippen LogP contribution in [0.5, 0.6) is 5.75 Å². The van der Waals surface area contributed by atoms with E-state index >= 15 is 0 Å². The molecule has 0 unspecified atom stereocenters. The van der Waals surface area contributed by atoms with Crippen molar-refractivity contribution in [3.8, 4) is 17.2 Å². The van der Waals surface area contributed by atoms with Crippen LogP contribution in [0.25, 0.3) is 11.5 Å². The van der Waals surface area contributed by atoms with Crippen LogP contribution >= 0.6 is 0 Å². The van der Waals surface area contributed by atoms with Crippen LogP contribution in [-0.2, 0) is 0 Å². The maximum absolute atomic E-state index is 13.6. The predicted octanol–water partition coefficient (Wildman–Crippen LogP) is 3.70. The Morgan fingerprint density at radius 1 is 1.26 bits per heavy atom. The molecule has 0 aliphatic heterocycles. The van der Waals surface area contributed by atoms with Gasteiger partial charge in [0.2, 0.25) is 5.89 Å². The average molecular weight is 373 g/mol. The lowest BCUT2D eigenvalue weighted by Crippen LogP contribution is -2.27. The summed E-state index contributed by atoms with van der Waals surface area (Å²) >= 11 is 0. The second-order valence-electron chi connectivity index (χ2n) is 5.86. The van der Waals surface area contributed by atoms with Crippen molar-refractivity contribution in [2.24, 2.45) is 0 Å². The van der Waals surface area contributed by atoms with Crippen LogP contribution in [0.2, 0.25) is 0 Å². The standard InChI is InChI=1S/C19H17F2N3O3/c1-10(12-7-14(20)17(22)15(21)8-12)23-18(25)16-9-27-19(24-16)11-4-3-5-13(6-11)26-2/h3-10H,22H2,1-2H3,(H,23,25)/t10-/m1/s1. The molecule has 8 heteroatoms. The molecule has 3 aromatic rings. The fourth-order valence-electron chi connectivity index (χ4n) is 2.47. The molecule has 0 bridgehead atoms.